The maximum atomic E-state index is 17.5. The van der Waals surface area contributed by atoms with Crippen LogP contribution in [0.5, 0.6) is 0 Å². The zero-order valence-corrected chi connectivity index (χ0v) is 23.3. The Kier molecular flexibility index (Phi) is 6.27. The highest BCUT2D eigenvalue weighted by Gasteiger charge is 2.50. The Labute approximate surface area is 233 Å². The predicted molar refractivity (Wildman–Crippen MR) is 145 cm³/mol. The van der Waals surface area contributed by atoms with Gasteiger partial charge in [0.25, 0.3) is 0 Å². The molecule has 1 aromatic heterocycles. The van der Waals surface area contributed by atoms with Crippen LogP contribution in [0.25, 0.3) is 22.0 Å². The molecule has 0 N–H and O–H groups in total. The third-order valence-corrected chi connectivity index (χ3v) is 11.1. The third-order valence-electron chi connectivity index (χ3n) is 8.17. The van der Waals surface area contributed by atoms with E-state index < -0.39 is 39.8 Å². The van der Waals surface area contributed by atoms with Crippen LogP contribution in [0.2, 0.25) is 0 Å². The van der Waals surface area contributed by atoms with Gasteiger partial charge in [0.1, 0.15) is 11.6 Å². The van der Waals surface area contributed by atoms with Crippen molar-refractivity contribution in [3.63, 3.8) is 0 Å². The van der Waals surface area contributed by atoms with Gasteiger partial charge in [-0.3, -0.25) is 9.36 Å². The molecule has 0 bridgehead atoms. The second-order valence-corrected chi connectivity index (χ2v) is 13.2. The van der Waals surface area contributed by atoms with Gasteiger partial charge in [0.05, 0.1) is 28.6 Å². The normalized spacial score (nSPS) is 26.9. The SMILES string of the molecule is C=CC(=O)N1C(C)CN(c2nc(=O)n3c4c5c(c(C(F)(F)F)cc24)-c2ccc(F)cc2S5(F)CC(OC)C3)CC1C. The summed E-state index contributed by atoms with van der Waals surface area (Å²) in [5.74, 6) is -1.41. The number of anilines is 1. The molecule has 1 amide bonds. The number of alkyl halides is 3. The first-order valence-corrected chi connectivity index (χ1v) is 14.7. The van der Waals surface area contributed by atoms with Gasteiger partial charge >= 0.3 is 11.9 Å². The van der Waals surface area contributed by atoms with Crippen molar-refractivity contribution in [1.82, 2.24) is 14.5 Å². The van der Waals surface area contributed by atoms with Crippen LogP contribution in [0.4, 0.5) is 27.3 Å². The third kappa shape index (κ3) is 3.99. The molecule has 0 radical (unpaired) electrons. The number of nitrogens with zero attached hydrogens (tertiary/aromatic N) is 4. The van der Waals surface area contributed by atoms with Gasteiger partial charge in [-0.05, 0) is 54.1 Å². The van der Waals surface area contributed by atoms with E-state index in [9.17, 15) is 27.2 Å². The fourth-order valence-corrected chi connectivity index (χ4v) is 9.76. The van der Waals surface area contributed by atoms with Gasteiger partial charge in [-0.1, -0.05) is 12.6 Å². The summed E-state index contributed by atoms with van der Waals surface area (Å²) in [6, 6.07) is 3.30. The highest BCUT2D eigenvalue weighted by Crippen LogP contribution is 2.76. The first-order valence-electron chi connectivity index (χ1n) is 13.0. The summed E-state index contributed by atoms with van der Waals surface area (Å²) < 4.78 is 82.9. The number of amides is 1. The van der Waals surface area contributed by atoms with Crippen LogP contribution in [0.3, 0.4) is 0 Å². The van der Waals surface area contributed by atoms with E-state index in [-0.39, 0.29) is 81.0 Å². The topological polar surface area (TPSA) is 67.7 Å². The molecule has 1 saturated heterocycles. The minimum absolute atomic E-state index is 0.0151. The fraction of sp³-hybridized carbons (Fsp3) is 0.393. The van der Waals surface area contributed by atoms with Crippen molar-refractivity contribution in [2.75, 3.05) is 30.9 Å². The zero-order valence-electron chi connectivity index (χ0n) is 22.5. The number of halogens is 5. The molecule has 4 heterocycles. The summed E-state index contributed by atoms with van der Waals surface area (Å²) in [6.07, 6.45) is -4.57. The molecule has 7 nitrogen and oxygen atoms in total. The summed E-state index contributed by atoms with van der Waals surface area (Å²) in [5, 5.41) is -0.0295. The van der Waals surface area contributed by atoms with Gasteiger partial charge in [0.15, 0.2) is 0 Å². The lowest BCUT2D eigenvalue weighted by Crippen LogP contribution is -2.58. The van der Waals surface area contributed by atoms with Crippen LogP contribution in [-0.4, -0.2) is 64.5 Å². The van der Waals surface area contributed by atoms with Crippen molar-refractivity contribution < 1.29 is 31.0 Å². The lowest BCUT2D eigenvalue weighted by Gasteiger charge is -2.44. The number of ether oxygens (including phenoxy) is 1. The van der Waals surface area contributed by atoms with Gasteiger partial charge in [-0.15, -0.1) is 0 Å². The lowest BCUT2D eigenvalue weighted by atomic mass is 9.96. The number of benzene rings is 2. The molecular weight excluding hydrogens is 567 g/mol. The van der Waals surface area contributed by atoms with E-state index in [0.29, 0.717) is 0 Å². The van der Waals surface area contributed by atoms with Crippen molar-refractivity contribution in [3.8, 4) is 11.1 Å². The van der Waals surface area contributed by atoms with E-state index >= 15 is 3.89 Å². The van der Waals surface area contributed by atoms with Gasteiger partial charge in [-0.25, -0.2) is 9.18 Å². The average Bonchev–Trinajstić information content (AvgIpc) is 3.05. The first kappa shape index (κ1) is 27.7. The monoisotopic (exact) mass is 594 g/mol. The number of rotatable bonds is 3. The van der Waals surface area contributed by atoms with Crippen LogP contribution in [0.15, 0.2) is 51.5 Å². The summed E-state index contributed by atoms with van der Waals surface area (Å²) in [6.45, 7) is 7.32. The zero-order chi connectivity index (χ0) is 29.6. The van der Waals surface area contributed by atoms with E-state index in [4.69, 9.17) is 4.74 Å². The predicted octanol–water partition coefficient (Wildman–Crippen LogP) is 5.28. The number of fused-ring (bicyclic) bond motifs is 3. The van der Waals surface area contributed by atoms with Crippen molar-refractivity contribution >= 4 is 33.0 Å². The summed E-state index contributed by atoms with van der Waals surface area (Å²) in [5.41, 5.74) is -2.23. The van der Waals surface area contributed by atoms with Crippen LogP contribution in [0.1, 0.15) is 19.4 Å². The number of hydrogen-bond donors (Lipinski definition) is 0. The molecule has 1 fully saturated rings. The molecule has 0 aliphatic carbocycles. The number of carbonyl (C=O) groups excluding carboxylic acids is 1. The molecule has 13 heteroatoms. The Balaban J connectivity index is 1.70. The minimum Gasteiger partial charge on any atom is -0.379 e. The summed E-state index contributed by atoms with van der Waals surface area (Å²) in [7, 11) is -2.42. The van der Waals surface area contributed by atoms with E-state index in [1.54, 1.807) is 23.6 Å². The standard InChI is InChI=1S/C28H27F5N4O3S/c1-5-22(38)37-14(2)10-35(11-15(37)3)26-19-9-20(28(30,31)32)23-18-7-6-16(29)8-21(18)41(33)13-17(40-4)12-36(27(39)34-26)24(19)25(23)41/h5-9,14-15,17H,1,10-13H2,2-4H3. The van der Waals surface area contributed by atoms with Crippen LogP contribution < -0.4 is 10.6 Å². The maximum absolute atomic E-state index is 17.5. The average molecular weight is 595 g/mol. The van der Waals surface area contributed by atoms with Gasteiger partial charge in [-0.2, -0.15) is 22.0 Å². The molecule has 4 atom stereocenters. The van der Waals surface area contributed by atoms with Gasteiger partial charge < -0.3 is 14.5 Å². The molecule has 4 unspecified atom stereocenters. The maximum Gasteiger partial charge on any atom is 0.417 e. The quantitative estimate of drug-likeness (QED) is 0.305. The second kappa shape index (κ2) is 9.28. The van der Waals surface area contributed by atoms with E-state index in [2.05, 4.69) is 11.6 Å². The number of piperazine rings is 1. The highest BCUT2D eigenvalue weighted by atomic mass is 32.3. The van der Waals surface area contributed by atoms with Crippen LogP contribution in [0, 0.1) is 5.82 Å². The van der Waals surface area contributed by atoms with E-state index in [1.165, 1.54) is 23.8 Å². The van der Waals surface area contributed by atoms with Crippen LogP contribution in [-0.2, 0) is 22.3 Å². The number of methoxy groups -OCH3 is 1. The summed E-state index contributed by atoms with van der Waals surface area (Å²) in [4.78, 5) is 33.1. The molecule has 41 heavy (non-hydrogen) atoms. The minimum atomic E-state index is -4.89. The lowest BCUT2D eigenvalue weighted by molar-refractivity contribution is -0.137. The first-order chi connectivity index (χ1) is 19.3. The van der Waals surface area contributed by atoms with Crippen molar-refractivity contribution in [2.45, 2.75) is 54.5 Å². The van der Waals surface area contributed by atoms with E-state index in [1.807, 2.05) is 0 Å². The Bertz CT molecular complexity index is 1680. The van der Waals surface area contributed by atoms with Crippen LogP contribution >= 0.6 is 10.4 Å². The fourth-order valence-electron chi connectivity index (χ4n) is 6.55. The Morgan fingerprint density at radius 3 is 2.46 bits per heavy atom. The van der Waals surface area contributed by atoms with Crippen molar-refractivity contribution in [3.05, 3.63) is 58.8 Å². The number of hydrogen-bond acceptors (Lipinski definition) is 5. The smallest absolute Gasteiger partial charge is 0.379 e. The largest absolute Gasteiger partial charge is 0.417 e. The number of aromatic nitrogens is 2. The molecule has 6 rings (SSSR count). The van der Waals surface area contributed by atoms with E-state index in [0.717, 1.165) is 18.2 Å². The molecule has 0 spiro atoms. The molecule has 3 aromatic rings. The molecule has 2 aromatic carbocycles. The van der Waals surface area contributed by atoms with Gasteiger partial charge in [0, 0.05) is 53.9 Å². The highest BCUT2D eigenvalue weighted by molar-refractivity contribution is 8.30. The molecule has 3 aliphatic rings. The molecule has 218 valence electrons. The van der Waals surface area contributed by atoms with Crippen molar-refractivity contribution in [1.29, 1.82) is 0 Å². The Morgan fingerprint density at radius 2 is 1.85 bits per heavy atom. The second-order valence-electron chi connectivity index (χ2n) is 10.7. The van der Waals surface area contributed by atoms with Crippen molar-refractivity contribution in [2.24, 2.45) is 0 Å². The Morgan fingerprint density at radius 1 is 1.17 bits per heavy atom. The molecule has 3 aliphatic heterocycles. The Hall–Kier alpha value is -3.45. The van der Waals surface area contributed by atoms with Gasteiger partial charge in [0.2, 0.25) is 5.91 Å². The molecular formula is C28H27F5N4O3S. The summed E-state index contributed by atoms with van der Waals surface area (Å²) >= 11 is 0. The molecule has 0 saturated carbocycles. The number of carbonyl (C=O) groups is 1.